The summed E-state index contributed by atoms with van der Waals surface area (Å²) in [4.78, 5) is 23.6. The van der Waals surface area contributed by atoms with E-state index in [0.717, 1.165) is 5.75 Å². The lowest BCUT2D eigenvalue weighted by Crippen LogP contribution is -2.17. The van der Waals surface area contributed by atoms with E-state index in [-0.39, 0.29) is 25.4 Å². The maximum atomic E-state index is 12.1. The number of esters is 1. The third-order valence-electron chi connectivity index (χ3n) is 3.62. The highest BCUT2D eigenvalue weighted by Crippen LogP contribution is 2.24. The normalized spacial score (nSPS) is 10.2. The molecule has 0 fully saturated rings. The van der Waals surface area contributed by atoms with Crippen LogP contribution in [-0.2, 0) is 19.1 Å². The molecule has 150 valence electrons. The Morgan fingerprint density at radius 3 is 2.32 bits per heavy atom. The number of hydrogen-bond donors (Lipinski definition) is 1. The largest absolute Gasteiger partial charge is 0.490 e. The molecule has 0 aliphatic heterocycles. The van der Waals surface area contributed by atoms with Crippen molar-refractivity contribution in [3.63, 3.8) is 0 Å². The van der Waals surface area contributed by atoms with E-state index in [0.29, 0.717) is 31.3 Å². The van der Waals surface area contributed by atoms with Gasteiger partial charge < -0.3 is 24.3 Å². The maximum absolute atomic E-state index is 12.1. The van der Waals surface area contributed by atoms with Gasteiger partial charge in [-0.05, 0) is 24.3 Å². The van der Waals surface area contributed by atoms with Crippen molar-refractivity contribution in [3.8, 4) is 11.5 Å². The van der Waals surface area contributed by atoms with Crippen LogP contribution in [0.1, 0.15) is 12.8 Å². The smallest absolute Gasteiger partial charge is 0.306 e. The second-order valence-electron chi connectivity index (χ2n) is 5.77. The van der Waals surface area contributed by atoms with Gasteiger partial charge in [-0.15, -0.1) is 0 Å². The number of amides is 1. The Bertz CT molecular complexity index is 735. The molecule has 0 unspecified atom stereocenters. The first-order chi connectivity index (χ1) is 13.7. The molecule has 7 nitrogen and oxygen atoms in total. The molecule has 0 radical (unpaired) electrons. The van der Waals surface area contributed by atoms with Crippen LogP contribution >= 0.6 is 0 Å². The number of rotatable bonds is 12. The fourth-order valence-electron chi connectivity index (χ4n) is 2.26. The van der Waals surface area contributed by atoms with Crippen LogP contribution in [0.25, 0.3) is 0 Å². The molecule has 2 aromatic carbocycles. The van der Waals surface area contributed by atoms with E-state index < -0.39 is 5.97 Å². The average molecular weight is 387 g/mol. The summed E-state index contributed by atoms with van der Waals surface area (Å²) in [7, 11) is 1.52. The molecule has 0 aliphatic rings. The van der Waals surface area contributed by atoms with Crippen LogP contribution in [0.15, 0.2) is 54.6 Å². The zero-order valence-electron chi connectivity index (χ0n) is 15.9. The number of nitrogens with one attached hydrogen (secondary N) is 1. The summed E-state index contributed by atoms with van der Waals surface area (Å²) in [5.74, 6) is 0.579. The van der Waals surface area contributed by atoms with Crippen molar-refractivity contribution in [3.05, 3.63) is 54.6 Å². The third kappa shape index (κ3) is 8.09. The molecule has 0 saturated heterocycles. The highest BCUT2D eigenvalue weighted by atomic mass is 16.6. The number of para-hydroxylation sites is 3. The minimum atomic E-state index is -0.435. The molecule has 7 heteroatoms. The Hall–Kier alpha value is -3.06. The minimum absolute atomic E-state index is 0.00346. The lowest BCUT2D eigenvalue weighted by Gasteiger charge is -2.13. The molecule has 28 heavy (non-hydrogen) atoms. The van der Waals surface area contributed by atoms with E-state index in [4.69, 9.17) is 18.9 Å². The lowest BCUT2D eigenvalue weighted by atomic mass is 10.2. The molecule has 0 bridgehead atoms. The fraction of sp³-hybridized carbons (Fsp3) is 0.333. The van der Waals surface area contributed by atoms with Gasteiger partial charge in [-0.25, -0.2) is 0 Å². The van der Waals surface area contributed by atoms with Crippen molar-refractivity contribution in [1.29, 1.82) is 0 Å². The van der Waals surface area contributed by atoms with Crippen molar-refractivity contribution < 1.29 is 28.5 Å². The summed E-state index contributed by atoms with van der Waals surface area (Å²) in [5, 5.41) is 2.75. The fourth-order valence-corrected chi connectivity index (χ4v) is 2.26. The molecular weight excluding hydrogens is 362 g/mol. The quantitative estimate of drug-likeness (QED) is 0.445. The van der Waals surface area contributed by atoms with Gasteiger partial charge >= 0.3 is 5.97 Å². The van der Waals surface area contributed by atoms with Crippen LogP contribution in [-0.4, -0.2) is 45.4 Å². The molecule has 0 spiro atoms. The summed E-state index contributed by atoms with van der Waals surface area (Å²) < 4.78 is 21.0. The molecule has 0 saturated carbocycles. The van der Waals surface area contributed by atoms with Crippen LogP contribution in [0, 0.1) is 0 Å². The number of anilines is 1. The summed E-state index contributed by atoms with van der Waals surface area (Å²) in [5.41, 5.74) is 0.542. The van der Waals surface area contributed by atoms with E-state index in [9.17, 15) is 9.59 Å². The Morgan fingerprint density at radius 2 is 1.54 bits per heavy atom. The van der Waals surface area contributed by atoms with Gasteiger partial charge in [0.05, 0.1) is 18.7 Å². The highest BCUT2D eigenvalue weighted by Gasteiger charge is 2.11. The van der Waals surface area contributed by atoms with E-state index >= 15 is 0 Å². The lowest BCUT2D eigenvalue weighted by molar-refractivity contribution is -0.145. The monoisotopic (exact) mass is 387 g/mol. The van der Waals surface area contributed by atoms with Crippen LogP contribution in [0.3, 0.4) is 0 Å². The third-order valence-corrected chi connectivity index (χ3v) is 3.62. The first-order valence-corrected chi connectivity index (χ1v) is 9.03. The van der Waals surface area contributed by atoms with Gasteiger partial charge in [0.2, 0.25) is 5.91 Å². The number of carbonyl (C=O) groups is 2. The van der Waals surface area contributed by atoms with Crippen LogP contribution in [0.4, 0.5) is 5.69 Å². The first kappa shape index (κ1) is 21.2. The number of hydrogen-bond acceptors (Lipinski definition) is 6. The standard InChI is InChI=1S/C21H25NO6/c1-25-13-14-28-21(24)12-11-20(23)22-18-9-5-6-10-19(18)27-16-15-26-17-7-3-2-4-8-17/h2-10H,11-16H2,1H3,(H,22,23). The maximum Gasteiger partial charge on any atom is 0.306 e. The van der Waals surface area contributed by atoms with Crippen molar-refractivity contribution in [2.24, 2.45) is 0 Å². The average Bonchev–Trinajstić information content (AvgIpc) is 2.72. The van der Waals surface area contributed by atoms with Gasteiger partial charge in [0.25, 0.3) is 0 Å². The Kier molecular flexibility index (Phi) is 9.37. The van der Waals surface area contributed by atoms with Gasteiger partial charge in [0.15, 0.2) is 0 Å². The zero-order chi connectivity index (χ0) is 20.0. The molecule has 2 rings (SSSR count). The van der Waals surface area contributed by atoms with Crippen molar-refractivity contribution >= 4 is 17.6 Å². The van der Waals surface area contributed by atoms with Crippen molar-refractivity contribution in [1.82, 2.24) is 0 Å². The molecule has 0 aromatic heterocycles. The van der Waals surface area contributed by atoms with E-state index in [2.05, 4.69) is 5.32 Å². The number of carbonyl (C=O) groups excluding carboxylic acids is 2. The summed E-state index contributed by atoms with van der Waals surface area (Å²) in [6.45, 7) is 1.21. The Balaban J connectivity index is 1.74. The van der Waals surface area contributed by atoms with E-state index in [1.807, 2.05) is 36.4 Å². The van der Waals surface area contributed by atoms with Crippen LogP contribution < -0.4 is 14.8 Å². The molecule has 1 amide bonds. The minimum Gasteiger partial charge on any atom is -0.490 e. The number of ether oxygens (including phenoxy) is 4. The van der Waals surface area contributed by atoms with Crippen molar-refractivity contribution in [2.75, 3.05) is 38.9 Å². The molecule has 0 heterocycles. The predicted octanol–water partition coefficient (Wildman–Crippen LogP) is 3.05. The Morgan fingerprint density at radius 1 is 0.821 bits per heavy atom. The predicted molar refractivity (Wildman–Crippen MR) is 105 cm³/mol. The summed E-state index contributed by atoms with van der Waals surface area (Å²) >= 11 is 0. The first-order valence-electron chi connectivity index (χ1n) is 9.03. The van der Waals surface area contributed by atoms with Crippen LogP contribution in [0.5, 0.6) is 11.5 Å². The SMILES string of the molecule is COCCOC(=O)CCC(=O)Nc1ccccc1OCCOc1ccccc1. The second-order valence-corrected chi connectivity index (χ2v) is 5.77. The van der Waals surface area contributed by atoms with Gasteiger partial charge in [-0.3, -0.25) is 9.59 Å². The Labute approximate surface area is 164 Å². The summed E-state index contributed by atoms with van der Waals surface area (Å²) in [6.07, 6.45) is 0.0285. The number of benzene rings is 2. The zero-order valence-corrected chi connectivity index (χ0v) is 15.9. The molecule has 0 atom stereocenters. The van der Waals surface area contributed by atoms with Gasteiger partial charge in [-0.1, -0.05) is 30.3 Å². The van der Waals surface area contributed by atoms with E-state index in [1.54, 1.807) is 18.2 Å². The summed E-state index contributed by atoms with van der Waals surface area (Å²) in [6, 6.07) is 16.6. The van der Waals surface area contributed by atoms with Gasteiger partial charge in [0, 0.05) is 13.5 Å². The van der Waals surface area contributed by atoms with Gasteiger partial charge in [0.1, 0.15) is 31.3 Å². The molecule has 1 N–H and O–H groups in total. The number of methoxy groups -OCH3 is 1. The molecule has 2 aromatic rings. The second kappa shape index (κ2) is 12.3. The van der Waals surface area contributed by atoms with E-state index in [1.165, 1.54) is 7.11 Å². The van der Waals surface area contributed by atoms with Gasteiger partial charge in [-0.2, -0.15) is 0 Å². The topological polar surface area (TPSA) is 83.1 Å². The molecular formula is C21H25NO6. The van der Waals surface area contributed by atoms with Crippen molar-refractivity contribution in [2.45, 2.75) is 12.8 Å². The molecule has 0 aliphatic carbocycles. The highest BCUT2D eigenvalue weighted by molar-refractivity contribution is 5.93. The van der Waals surface area contributed by atoms with Crippen LogP contribution in [0.2, 0.25) is 0 Å².